The van der Waals surface area contributed by atoms with Crippen LogP contribution in [0.3, 0.4) is 0 Å². The van der Waals surface area contributed by atoms with Crippen LogP contribution in [0.1, 0.15) is 4.88 Å². The van der Waals surface area contributed by atoms with Crippen LogP contribution in [0.5, 0.6) is 0 Å². The number of aryl methyl sites for hydroxylation is 1. The fraction of sp³-hybridized carbons (Fsp3) is 0.0526. The summed E-state index contributed by atoms with van der Waals surface area (Å²) in [4.78, 5) is 10.8. The summed E-state index contributed by atoms with van der Waals surface area (Å²) >= 11 is 7.66. The van der Waals surface area contributed by atoms with Gasteiger partial charge in [-0.25, -0.2) is 14.4 Å². The summed E-state index contributed by atoms with van der Waals surface area (Å²) in [6.45, 7) is 2.04. The van der Waals surface area contributed by atoms with E-state index in [0.717, 1.165) is 31.9 Å². The number of halogens is 2. The third-order valence-corrected chi connectivity index (χ3v) is 5.13. The second kappa shape index (κ2) is 6.43. The highest BCUT2D eigenvalue weighted by atomic mass is 35.5. The number of aromatic nitrogens is 2. The molecular formula is C19H13ClFN3S. The summed E-state index contributed by atoms with van der Waals surface area (Å²) in [7, 11) is 0. The first-order chi connectivity index (χ1) is 12.1. The summed E-state index contributed by atoms with van der Waals surface area (Å²) in [5, 5.41) is 4.90. The minimum absolute atomic E-state index is 0.255. The van der Waals surface area contributed by atoms with Crippen molar-refractivity contribution in [1.82, 2.24) is 9.97 Å². The van der Waals surface area contributed by atoms with Gasteiger partial charge >= 0.3 is 0 Å². The highest BCUT2D eigenvalue weighted by Crippen LogP contribution is 2.41. The standard InChI is InChI=1S/C19H13ClFN3S/c1-11-16(12-5-7-14(21)8-6-12)17-18(22-10-23-19(17)25-11)24-15-4-2-3-13(20)9-15/h2-10H,1H3,(H,22,23,24). The summed E-state index contributed by atoms with van der Waals surface area (Å²) in [5.74, 6) is 0.449. The van der Waals surface area contributed by atoms with E-state index in [1.54, 1.807) is 29.8 Å². The number of fused-ring (bicyclic) bond motifs is 1. The molecule has 0 unspecified atom stereocenters. The zero-order valence-electron chi connectivity index (χ0n) is 13.3. The molecule has 0 saturated carbocycles. The fourth-order valence-electron chi connectivity index (χ4n) is 2.81. The molecule has 0 saturated heterocycles. The Hall–Kier alpha value is -2.50. The Balaban J connectivity index is 1.89. The monoisotopic (exact) mass is 369 g/mol. The predicted octanol–water partition coefficient (Wildman–Crippen LogP) is 6.20. The maximum absolute atomic E-state index is 13.3. The van der Waals surface area contributed by atoms with E-state index in [1.165, 1.54) is 12.1 Å². The first-order valence-electron chi connectivity index (χ1n) is 7.64. The molecule has 2 aromatic heterocycles. The van der Waals surface area contributed by atoms with E-state index in [4.69, 9.17) is 11.6 Å². The van der Waals surface area contributed by atoms with Gasteiger partial charge in [0.1, 0.15) is 22.8 Å². The van der Waals surface area contributed by atoms with Crippen molar-refractivity contribution < 1.29 is 4.39 Å². The van der Waals surface area contributed by atoms with E-state index >= 15 is 0 Å². The average Bonchev–Trinajstić information content (AvgIpc) is 2.93. The fourth-order valence-corrected chi connectivity index (χ4v) is 4.01. The Morgan fingerprint density at radius 2 is 1.88 bits per heavy atom. The van der Waals surface area contributed by atoms with Crippen molar-refractivity contribution >= 4 is 44.7 Å². The Bertz CT molecular complexity index is 1060. The van der Waals surface area contributed by atoms with Gasteiger partial charge in [-0.05, 0) is 42.8 Å². The molecule has 3 nitrogen and oxygen atoms in total. The van der Waals surface area contributed by atoms with Crippen LogP contribution < -0.4 is 5.32 Å². The summed E-state index contributed by atoms with van der Waals surface area (Å²) < 4.78 is 13.3. The molecule has 25 heavy (non-hydrogen) atoms. The smallest absolute Gasteiger partial charge is 0.143 e. The summed E-state index contributed by atoms with van der Waals surface area (Å²) in [5.41, 5.74) is 2.81. The molecule has 0 radical (unpaired) electrons. The number of nitrogens with zero attached hydrogens (tertiary/aromatic N) is 2. The maximum atomic E-state index is 13.3. The van der Waals surface area contributed by atoms with Gasteiger partial charge in [-0.1, -0.05) is 29.8 Å². The van der Waals surface area contributed by atoms with Crippen molar-refractivity contribution in [3.63, 3.8) is 0 Å². The van der Waals surface area contributed by atoms with Crippen LogP contribution >= 0.6 is 22.9 Å². The number of hydrogen-bond donors (Lipinski definition) is 1. The molecule has 0 aliphatic heterocycles. The van der Waals surface area contributed by atoms with Crippen LogP contribution in [0.4, 0.5) is 15.9 Å². The van der Waals surface area contributed by atoms with Gasteiger partial charge in [-0.15, -0.1) is 11.3 Å². The largest absolute Gasteiger partial charge is 0.340 e. The summed E-state index contributed by atoms with van der Waals surface area (Å²) in [6, 6.07) is 13.9. The van der Waals surface area contributed by atoms with E-state index < -0.39 is 0 Å². The van der Waals surface area contributed by atoms with Gasteiger partial charge in [-0.2, -0.15) is 0 Å². The molecule has 1 N–H and O–H groups in total. The number of rotatable bonds is 3. The third-order valence-electron chi connectivity index (χ3n) is 3.88. The van der Waals surface area contributed by atoms with Crippen LogP contribution in [0.25, 0.3) is 21.3 Å². The van der Waals surface area contributed by atoms with E-state index in [0.29, 0.717) is 10.8 Å². The number of thiophene rings is 1. The average molecular weight is 370 g/mol. The zero-order valence-corrected chi connectivity index (χ0v) is 14.8. The Labute approximate surface area is 153 Å². The number of anilines is 2. The van der Waals surface area contributed by atoms with E-state index in [-0.39, 0.29) is 5.82 Å². The Morgan fingerprint density at radius 3 is 2.64 bits per heavy atom. The van der Waals surface area contributed by atoms with Gasteiger partial charge in [0.25, 0.3) is 0 Å². The minimum atomic E-state index is -0.255. The van der Waals surface area contributed by atoms with Crippen molar-refractivity contribution in [3.05, 3.63) is 70.6 Å². The molecule has 4 rings (SSSR count). The summed E-state index contributed by atoms with van der Waals surface area (Å²) in [6.07, 6.45) is 1.54. The van der Waals surface area contributed by atoms with Crippen LogP contribution in [0, 0.1) is 12.7 Å². The molecule has 124 valence electrons. The third kappa shape index (κ3) is 3.08. The first-order valence-corrected chi connectivity index (χ1v) is 8.84. The van der Waals surface area contributed by atoms with Crippen molar-refractivity contribution in [2.75, 3.05) is 5.32 Å². The lowest BCUT2D eigenvalue weighted by Gasteiger charge is -2.09. The molecule has 0 amide bonds. The highest BCUT2D eigenvalue weighted by molar-refractivity contribution is 7.19. The van der Waals surface area contributed by atoms with Crippen LogP contribution in [0.2, 0.25) is 5.02 Å². The maximum Gasteiger partial charge on any atom is 0.143 e. The molecule has 0 spiro atoms. The molecule has 4 aromatic rings. The minimum Gasteiger partial charge on any atom is -0.340 e. The molecule has 6 heteroatoms. The van der Waals surface area contributed by atoms with Crippen molar-refractivity contribution in [3.8, 4) is 11.1 Å². The number of benzene rings is 2. The molecule has 0 aliphatic rings. The normalized spacial score (nSPS) is 11.0. The van der Waals surface area contributed by atoms with Crippen LogP contribution in [-0.2, 0) is 0 Å². The SMILES string of the molecule is Cc1sc2ncnc(Nc3cccc(Cl)c3)c2c1-c1ccc(F)cc1. The quantitative estimate of drug-likeness (QED) is 0.467. The molecule has 0 bridgehead atoms. The van der Waals surface area contributed by atoms with Gasteiger partial charge in [0.2, 0.25) is 0 Å². The Morgan fingerprint density at radius 1 is 1.08 bits per heavy atom. The lowest BCUT2D eigenvalue weighted by molar-refractivity contribution is 0.628. The van der Waals surface area contributed by atoms with E-state index in [9.17, 15) is 4.39 Å². The highest BCUT2D eigenvalue weighted by Gasteiger charge is 2.17. The molecule has 0 fully saturated rings. The second-order valence-electron chi connectivity index (χ2n) is 5.58. The molecule has 2 aromatic carbocycles. The molecule has 0 atom stereocenters. The van der Waals surface area contributed by atoms with Crippen molar-refractivity contribution in [2.45, 2.75) is 6.92 Å². The Kier molecular flexibility index (Phi) is 4.11. The van der Waals surface area contributed by atoms with Gasteiger partial charge in [-0.3, -0.25) is 0 Å². The van der Waals surface area contributed by atoms with Gasteiger partial charge in [0.15, 0.2) is 0 Å². The lowest BCUT2D eigenvalue weighted by Crippen LogP contribution is -1.95. The topological polar surface area (TPSA) is 37.8 Å². The van der Waals surface area contributed by atoms with Crippen molar-refractivity contribution in [1.29, 1.82) is 0 Å². The number of hydrogen-bond acceptors (Lipinski definition) is 4. The van der Waals surface area contributed by atoms with Gasteiger partial charge in [0, 0.05) is 21.2 Å². The van der Waals surface area contributed by atoms with Crippen LogP contribution in [0.15, 0.2) is 54.9 Å². The van der Waals surface area contributed by atoms with Crippen molar-refractivity contribution in [2.24, 2.45) is 0 Å². The first kappa shape index (κ1) is 16.0. The predicted molar refractivity (Wildman–Crippen MR) is 102 cm³/mol. The zero-order chi connectivity index (χ0) is 17.4. The van der Waals surface area contributed by atoms with Crippen LogP contribution in [-0.4, -0.2) is 9.97 Å². The van der Waals surface area contributed by atoms with E-state index in [2.05, 4.69) is 15.3 Å². The van der Waals surface area contributed by atoms with E-state index in [1.807, 2.05) is 31.2 Å². The molecule has 2 heterocycles. The van der Waals surface area contributed by atoms with Gasteiger partial charge < -0.3 is 5.32 Å². The second-order valence-corrected chi connectivity index (χ2v) is 7.22. The van der Waals surface area contributed by atoms with Gasteiger partial charge in [0.05, 0.1) is 5.39 Å². The number of nitrogens with one attached hydrogen (secondary N) is 1. The molecular weight excluding hydrogens is 357 g/mol. The molecule has 0 aliphatic carbocycles. The lowest BCUT2D eigenvalue weighted by atomic mass is 10.0.